The van der Waals surface area contributed by atoms with Crippen LogP contribution in [0.5, 0.6) is 0 Å². The van der Waals surface area contributed by atoms with Gasteiger partial charge in [-0.1, -0.05) is 26.8 Å². The maximum absolute atomic E-state index is 3.79. The van der Waals surface area contributed by atoms with E-state index in [4.69, 9.17) is 0 Å². The molecule has 0 radical (unpaired) electrons. The summed E-state index contributed by atoms with van der Waals surface area (Å²) in [6.07, 6.45) is 5.56. The van der Waals surface area contributed by atoms with Crippen LogP contribution in [-0.2, 0) is 0 Å². The summed E-state index contributed by atoms with van der Waals surface area (Å²) in [5.74, 6) is 0. The van der Waals surface area contributed by atoms with E-state index in [0.29, 0.717) is 11.5 Å². The van der Waals surface area contributed by atoms with E-state index in [1.807, 2.05) is 6.08 Å². The molecule has 0 aliphatic rings. The molecule has 1 unspecified atom stereocenters. The van der Waals surface area contributed by atoms with Crippen LogP contribution in [-0.4, -0.2) is 12.6 Å². The lowest BCUT2D eigenvalue weighted by Crippen LogP contribution is -2.31. The lowest BCUT2D eigenvalue weighted by molar-refractivity contribution is 0.292. The molecule has 0 rings (SSSR count). The van der Waals surface area contributed by atoms with Gasteiger partial charge in [0.05, 0.1) is 0 Å². The molecule has 0 aliphatic carbocycles. The van der Waals surface area contributed by atoms with Gasteiger partial charge in [0.25, 0.3) is 0 Å². The first-order chi connectivity index (χ1) is 6.02. The van der Waals surface area contributed by atoms with Gasteiger partial charge in [-0.3, -0.25) is 0 Å². The van der Waals surface area contributed by atoms with Gasteiger partial charge in [-0.25, -0.2) is 0 Å². The van der Waals surface area contributed by atoms with Crippen molar-refractivity contribution in [3.8, 4) is 0 Å². The molecule has 1 heteroatoms. The summed E-state index contributed by atoms with van der Waals surface area (Å²) in [4.78, 5) is 0. The Balaban J connectivity index is 3.74. The van der Waals surface area contributed by atoms with Crippen LogP contribution in [0.15, 0.2) is 12.7 Å². The molecular weight excluding hydrogens is 158 g/mol. The fourth-order valence-electron chi connectivity index (χ4n) is 1.77. The summed E-state index contributed by atoms with van der Waals surface area (Å²) in [7, 11) is 0. The second-order valence-electron chi connectivity index (χ2n) is 4.72. The van der Waals surface area contributed by atoms with Crippen LogP contribution in [0.3, 0.4) is 0 Å². The van der Waals surface area contributed by atoms with Crippen LogP contribution in [0, 0.1) is 5.41 Å². The SMILES string of the molecule is C=CCC(C)(C)CC(C)NCCC. The Labute approximate surface area is 83.6 Å². The Hall–Kier alpha value is -0.300. The molecule has 0 fully saturated rings. The highest BCUT2D eigenvalue weighted by Gasteiger charge is 2.18. The Morgan fingerprint density at radius 2 is 2.08 bits per heavy atom. The second-order valence-corrected chi connectivity index (χ2v) is 4.72. The highest BCUT2D eigenvalue weighted by atomic mass is 14.9. The zero-order valence-electron chi connectivity index (χ0n) is 9.69. The van der Waals surface area contributed by atoms with E-state index in [1.54, 1.807) is 0 Å². The summed E-state index contributed by atoms with van der Waals surface area (Å²) in [5.41, 5.74) is 0.391. The average Bonchev–Trinajstić information content (AvgIpc) is 1.99. The summed E-state index contributed by atoms with van der Waals surface area (Å²) in [5, 5.41) is 3.51. The van der Waals surface area contributed by atoms with Crippen molar-refractivity contribution in [2.24, 2.45) is 5.41 Å². The van der Waals surface area contributed by atoms with Gasteiger partial charge >= 0.3 is 0 Å². The normalized spacial score (nSPS) is 14.2. The molecule has 0 amide bonds. The van der Waals surface area contributed by atoms with Crippen molar-refractivity contribution in [1.29, 1.82) is 0 Å². The number of hydrogen-bond acceptors (Lipinski definition) is 1. The van der Waals surface area contributed by atoms with Crippen molar-refractivity contribution in [2.75, 3.05) is 6.54 Å². The second kappa shape index (κ2) is 6.20. The summed E-state index contributed by atoms with van der Waals surface area (Å²) >= 11 is 0. The first kappa shape index (κ1) is 12.7. The maximum atomic E-state index is 3.79. The van der Waals surface area contributed by atoms with E-state index in [9.17, 15) is 0 Å². The van der Waals surface area contributed by atoms with Crippen molar-refractivity contribution in [1.82, 2.24) is 5.32 Å². The largest absolute Gasteiger partial charge is 0.314 e. The molecule has 0 aliphatic heterocycles. The van der Waals surface area contributed by atoms with E-state index in [-0.39, 0.29) is 0 Å². The molecule has 0 heterocycles. The lowest BCUT2D eigenvalue weighted by atomic mass is 9.83. The summed E-state index contributed by atoms with van der Waals surface area (Å²) < 4.78 is 0. The predicted molar refractivity (Wildman–Crippen MR) is 61.0 cm³/mol. The van der Waals surface area contributed by atoms with E-state index in [2.05, 4.69) is 39.6 Å². The zero-order chi connectivity index (χ0) is 10.3. The number of nitrogens with one attached hydrogen (secondary N) is 1. The van der Waals surface area contributed by atoms with E-state index >= 15 is 0 Å². The van der Waals surface area contributed by atoms with Crippen LogP contribution < -0.4 is 5.32 Å². The van der Waals surface area contributed by atoms with Crippen molar-refractivity contribution in [3.63, 3.8) is 0 Å². The molecular formula is C12H25N. The van der Waals surface area contributed by atoms with Gasteiger partial charge < -0.3 is 5.32 Å². The van der Waals surface area contributed by atoms with Crippen LogP contribution in [0.2, 0.25) is 0 Å². The standard InChI is InChI=1S/C12H25N/c1-6-8-12(4,5)10-11(3)13-9-7-2/h6,11,13H,1,7-10H2,2-5H3. The van der Waals surface area contributed by atoms with Crippen molar-refractivity contribution in [3.05, 3.63) is 12.7 Å². The fraction of sp³-hybridized carbons (Fsp3) is 0.833. The Morgan fingerprint density at radius 3 is 2.54 bits per heavy atom. The lowest BCUT2D eigenvalue weighted by Gasteiger charge is -2.27. The highest BCUT2D eigenvalue weighted by molar-refractivity contribution is 4.82. The summed E-state index contributed by atoms with van der Waals surface area (Å²) in [6.45, 7) is 14.0. The zero-order valence-corrected chi connectivity index (χ0v) is 9.69. The first-order valence-electron chi connectivity index (χ1n) is 5.36. The molecule has 1 nitrogen and oxygen atoms in total. The minimum Gasteiger partial charge on any atom is -0.314 e. The molecule has 13 heavy (non-hydrogen) atoms. The van der Waals surface area contributed by atoms with Crippen molar-refractivity contribution >= 4 is 0 Å². The molecule has 0 saturated carbocycles. The van der Waals surface area contributed by atoms with E-state index in [1.165, 1.54) is 12.8 Å². The van der Waals surface area contributed by atoms with Crippen LogP contribution >= 0.6 is 0 Å². The van der Waals surface area contributed by atoms with Gasteiger partial charge in [-0.15, -0.1) is 6.58 Å². The van der Waals surface area contributed by atoms with Gasteiger partial charge in [-0.2, -0.15) is 0 Å². The maximum Gasteiger partial charge on any atom is 0.00439 e. The Kier molecular flexibility index (Phi) is 6.06. The fourth-order valence-corrected chi connectivity index (χ4v) is 1.77. The Bertz CT molecular complexity index is 138. The van der Waals surface area contributed by atoms with Gasteiger partial charge in [-0.05, 0) is 38.1 Å². The van der Waals surface area contributed by atoms with Crippen LogP contribution in [0.25, 0.3) is 0 Å². The van der Waals surface area contributed by atoms with E-state index < -0.39 is 0 Å². The molecule has 1 atom stereocenters. The van der Waals surface area contributed by atoms with Gasteiger partial charge in [0.1, 0.15) is 0 Å². The van der Waals surface area contributed by atoms with Gasteiger partial charge in [0.2, 0.25) is 0 Å². The summed E-state index contributed by atoms with van der Waals surface area (Å²) in [6, 6.07) is 0.620. The number of hydrogen-bond donors (Lipinski definition) is 1. The Morgan fingerprint density at radius 1 is 1.46 bits per heavy atom. The number of allylic oxidation sites excluding steroid dienone is 1. The topological polar surface area (TPSA) is 12.0 Å². The third-order valence-corrected chi connectivity index (χ3v) is 2.30. The number of rotatable bonds is 7. The third-order valence-electron chi connectivity index (χ3n) is 2.30. The molecule has 0 saturated heterocycles. The first-order valence-corrected chi connectivity index (χ1v) is 5.36. The highest BCUT2D eigenvalue weighted by Crippen LogP contribution is 2.26. The van der Waals surface area contributed by atoms with Crippen molar-refractivity contribution < 1.29 is 0 Å². The van der Waals surface area contributed by atoms with Gasteiger partial charge in [0, 0.05) is 6.04 Å². The monoisotopic (exact) mass is 183 g/mol. The third kappa shape index (κ3) is 6.83. The minimum atomic E-state index is 0.391. The quantitative estimate of drug-likeness (QED) is 0.597. The van der Waals surface area contributed by atoms with Crippen LogP contribution in [0.1, 0.15) is 47.0 Å². The van der Waals surface area contributed by atoms with Crippen LogP contribution in [0.4, 0.5) is 0 Å². The molecule has 0 aromatic rings. The molecule has 0 aromatic carbocycles. The molecule has 0 spiro atoms. The molecule has 0 aromatic heterocycles. The van der Waals surface area contributed by atoms with Gasteiger partial charge in [0.15, 0.2) is 0 Å². The molecule has 1 N–H and O–H groups in total. The predicted octanol–water partition coefficient (Wildman–Crippen LogP) is 3.37. The van der Waals surface area contributed by atoms with E-state index in [0.717, 1.165) is 13.0 Å². The van der Waals surface area contributed by atoms with Crippen molar-refractivity contribution in [2.45, 2.75) is 53.0 Å². The molecule has 78 valence electrons. The smallest absolute Gasteiger partial charge is 0.00439 e. The molecule has 0 bridgehead atoms. The average molecular weight is 183 g/mol. The minimum absolute atomic E-state index is 0.391.